The lowest BCUT2D eigenvalue weighted by Gasteiger charge is -2.06. The third-order valence-electron chi connectivity index (χ3n) is 4.97. The summed E-state index contributed by atoms with van der Waals surface area (Å²) in [5.41, 5.74) is 2.41. The summed E-state index contributed by atoms with van der Waals surface area (Å²) in [6, 6.07) is 26.2. The van der Waals surface area contributed by atoms with Crippen LogP contribution in [0.5, 0.6) is 11.5 Å². The summed E-state index contributed by atoms with van der Waals surface area (Å²) in [5, 5.41) is 5.11. The minimum atomic E-state index is -3.26. The van der Waals surface area contributed by atoms with Crippen LogP contribution in [0.2, 0.25) is 0 Å². The summed E-state index contributed by atoms with van der Waals surface area (Å²) in [7, 11) is -3.26. The number of ether oxygens (including phenoxy) is 1. The van der Waals surface area contributed by atoms with Gasteiger partial charge in [0.05, 0.1) is 17.2 Å². The number of amides is 1. The molecule has 4 aromatic rings. The van der Waals surface area contributed by atoms with Crippen molar-refractivity contribution in [3.63, 3.8) is 0 Å². The maximum absolute atomic E-state index is 12.3. The second-order valence-corrected chi connectivity index (χ2v) is 10.7. The van der Waals surface area contributed by atoms with E-state index in [0.29, 0.717) is 5.13 Å². The van der Waals surface area contributed by atoms with Gasteiger partial charge >= 0.3 is 0 Å². The van der Waals surface area contributed by atoms with E-state index in [1.54, 1.807) is 12.1 Å². The molecule has 4 rings (SSSR count). The van der Waals surface area contributed by atoms with Crippen molar-refractivity contribution in [2.45, 2.75) is 18.6 Å². The van der Waals surface area contributed by atoms with Crippen LogP contribution in [-0.4, -0.2) is 25.1 Å². The predicted octanol–water partition coefficient (Wildman–Crippen LogP) is 5.94. The number of hydrogen-bond acceptors (Lipinski definition) is 6. The van der Waals surface area contributed by atoms with Gasteiger partial charge in [0, 0.05) is 17.4 Å². The van der Waals surface area contributed by atoms with Crippen molar-refractivity contribution in [2.24, 2.45) is 0 Å². The summed E-state index contributed by atoms with van der Waals surface area (Å²) >= 11 is 1.33. The summed E-state index contributed by atoms with van der Waals surface area (Å²) < 4.78 is 30.4. The molecular formula is C26H24N2O4S2. The van der Waals surface area contributed by atoms with Crippen LogP contribution in [0.25, 0.3) is 11.3 Å². The zero-order chi connectivity index (χ0) is 23.8. The zero-order valence-electron chi connectivity index (χ0n) is 18.4. The van der Waals surface area contributed by atoms with Gasteiger partial charge in [-0.05, 0) is 48.4 Å². The van der Waals surface area contributed by atoms with Gasteiger partial charge in [0.1, 0.15) is 11.5 Å². The van der Waals surface area contributed by atoms with Gasteiger partial charge in [-0.1, -0.05) is 48.5 Å². The van der Waals surface area contributed by atoms with Gasteiger partial charge in [0.2, 0.25) is 5.91 Å². The largest absolute Gasteiger partial charge is 0.457 e. The average Bonchev–Trinajstić information content (AvgIpc) is 3.29. The Morgan fingerprint density at radius 3 is 2.24 bits per heavy atom. The number of sulfone groups is 1. The molecule has 0 aliphatic rings. The molecule has 0 saturated carbocycles. The Morgan fingerprint density at radius 1 is 0.882 bits per heavy atom. The Morgan fingerprint density at radius 2 is 1.53 bits per heavy atom. The highest BCUT2D eigenvalue weighted by Gasteiger charge is 2.14. The molecule has 0 aliphatic carbocycles. The van der Waals surface area contributed by atoms with E-state index in [4.69, 9.17) is 4.74 Å². The molecule has 6 nitrogen and oxygen atoms in total. The van der Waals surface area contributed by atoms with E-state index in [0.717, 1.165) is 28.3 Å². The molecule has 0 radical (unpaired) electrons. The molecule has 1 aromatic heterocycles. The van der Waals surface area contributed by atoms with Crippen molar-refractivity contribution < 1.29 is 17.9 Å². The standard InChI is InChI=1S/C26H24N2O4S2/c29-25(12-7-17-34(30,31)19-20-8-3-1-4-9-20)28-26-27-24(18-33-26)21-13-15-23(16-14-21)32-22-10-5-2-6-11-22/h1-6,8-11,13-16,18H,7,12,17,19H2,(H,27,28,29). The van der Waals surface area contributed by atoms with E-state index in [-0.39, 0.29) is 30.3 Å². The Hall–Kier alpha value is -3.49. The summed E-state index contributed by atoms with van der Waals surface area (Å²) in [4.78, 5) is 16.7. The zero-order valence-corrected chi connectivity index (χ0v) is 20.0. The van der Waals surface area contributed by atoms with Crippen LogP contribution < -0.4 is 10.1 Å². The molecule has 0 unspecified atom stereocenters. The number of benzene rings is 3. The van der Waals surface area contributed by atoms with Crippen LogP contribution in [0.15, 0.2) is 90.3 Å². The van der Waals surface area contributed by atoms with Crippen LogP contribution in [0.1, 0.15) is 18.4 Å². The topological polar surface area (TPSA) is 85.4 Å². The quantitative estimate of drug-likeness (QED) is 0.296. The van der Waals surface area contributed by atoms with E-state index in [9.17, 15) is 13.2 Å². The van der Waals surface area contributed by atoms with Gasteiger partial charge < -0.3 is 10.1 Å². The number of aromatic nitrogens is 1. The van der Waals surface area contributed by atoms with Crippen LogP contribution >= 0.6 is 11.3 Å². The monoisotopic (exact) mass is 492 g/mol. The number of nitrogens with one attached hydrogen (secondary N) is 1. The van der Waals surface area contributed by atoms with Crippen molar-refractivity contribution in [1.82, 2.24) is 4.98 Å². The third kappa shape index (κ3) is 7.00. The number of rotatable bonds is 10. The van der Waals surface area contributed by atoms with Crippen molar-refractivity contribution in [2.75, 3.05) is 11.1 Å². The summed E-state index contributed by atoms with van der Waals surface area (Å²) in [5.74, 6) is 1.20. The molecule has 0 bridgehead atoms. The first-order valence-electron chi connectivity index (χ1n) is 10.8. The fourth-order valence-electron chi connectivity index (χ4n) is 3.32. The van der Waals surface area contributed by atoms with Crippen molar-refractivity contribution in [3.05, 3.63) is 95.9 Å². The first kappa shape index (κ1) is 23.7. The van der Waals surface area contributed by atoms with Crippen molar-refractivity contribution in [1.29, 1.82) is 0 Å². The second-order valence-electron chi connectivity index (χ2n) is 7.71. The molecular weight excluding hydrogens is 468 g/mol. The number of carbonyl (C=O) groups is 1. The highest BCUT2D eigenvalue weighted by molar-refractivity contribution is 7.90. The molecule has 0 aliphatic heterocycles. The molecule has 1 heterocycles. The normalized spacial score (nSPS) is 11.2. The molecule has 1 N–H and O–H groups in total. The Labute approximate surface area is 203 Å². The highest BCUT2D eigenvalue weighted by atomic mass is 32.2. The van der Waals surface area contributed by atoms with Crippen molar-refractivity contribution >= 4 is 32.2 Å². The average molecular weight is 493 g/mol. The van der Waals surface area contributed by atoms with Gasteiger partial charge in [-0.3, -0.25) is 4.79 Å². The van der Waals surface area contributed by atoms with Crippen LogP contribution in [0, 0.1) is 0 Å². The number of thiazole rings is 1. The molecule has 3 aromatic carbocycles. The van der Waals surface area contributed by atoms with E-state index < -0.39 is 9.84 Å². The van der Waals surface area contributed by atoms with E-state index >= 15 is 0 Å². The molecule has 1 amide bonds. The first-order chi connectivity index (χ1) is 16.5. The van der Waals surface area contributed by atoms with Gasteiger partial charge in [-0.2, -0.15) is 0 Å². The summed E-state index contributed by atoms with van der Waals surface area (Å²) in [6.07, 6.45) is 0.385. The molecule has 0 saturated heterocycles. The number of carbonyl (C=O) groups excluding carboxylic acids is 1. The van der Waals surface area contributed by atoms with E-state index in [1.165, 1.54) is 11.3 Å². The third-order valence-corrected chi connectivity index (χ3v) is 7.41. The van der Waals surface area contributed by atoms with E-state index in [2.05, 4.69) is 10.3 Å². The fourth-order valence-corrected chi connectivity index (χ4v) is 5.48. The van der Waals surface area contributed by atoms with Crippen LogP contribution in [0.3, 0.4) is 0 Å². The van der Waals surface area contributed by atoms with Gasteiger partial charge in [0.15, 0.2) is 15.0 Å². The maximum Gasteiger partial charge on any atom is 0.226 e. The van der Waals surface area contributed by atoms with Crippen LogP contribution in [0.4, 0.5) is 5.13 Å². The molecule has 0 spiro atoms. The van der Waals surface area contributed by atoms with E-state index in [1.807, 2.05) is 78.2 Å². The second kappa shape index (κ2) is 11.1. The number of anilines is 1. The lowest BCUT2D eigenvalue weighted by molar-refractivity contribution is -0.116. The number of hydrogen-bond donors (Lipinski definition) is 1. The lowest BCUT2D eigenvalue weighted by atomic mass is 10.2. The molecule has 0 atom stereocenters. The smallest absolute Gasteiger partial charge is 0.226 e. The highest BCUT2D eigenvalue weighted by Crippen LogP contribution is 2.28. The minimum absolute atomic E-state index is 0.0134. The predicted molar refractivity (Wildman–Crippen MR) is 136 cm³/mol. The fraction of sp³-hybridized carbons (Fsp3) is 0.154. The molecule has 34 heavy (non-hydrogen) atoms. The van der Waals surface area contributed by atoms with Gasteiger partial charge in [0.25, 0.3) is 0 Å². The Balaban J connectivity index is 1.26. The lowest BCUT2D eigenvalue weighted by Crippen LogP contribution is -2.15. The Bertz CT molecular complexity index is 1320. The minimum Gasteiger partial charge on any atom is -0.457 e. The van der Waals surface area contributed by atoms with Crippen LogP contribution in [-0.2, 0) is 20.4 Å². The maximum atomic E-state index is 12.3. The molecule has 0 fully saturated rings. The van der Waals surface area contributed by atoms with Crippen molar-refractivity contribution in [3.8, 4) is 22.8 Å². The van der Waals surface area contributed by atoms with Gasteiger partial charge in [-0.25, -0.2) is 13.4 Å². The first-order valence-corrected chi connectivity index (χ1v) is 13.5. The summed E-state index contributed by atoms with van der Waals surface area (Å²) in [6.45, 7) is 0. The van der Waals surface area contributed by atoms with Gasteiger partial charge in [-0.15, -0.1) is 11.3 Å². The Kier molecular flexibility index (Phi) is 7.72. The number of nitrogens with zero attached hydrogens (tertiary/aromatic N) is 1. The molecule has 174 valence electrons. The SMILES string of the molecule is O=C(CCCS(=O)(=O)Cc1ccccc1)Nc1nc(-c2ccc(Oc3ccccc3)cc2)cs1. The number of para-hydroxylation sites is 1. The molecule has 8 heteroatoms.